The Morgan fingerprint density at radius 2 is 2.00 bits per heavy atom. The Morgan fingerprint density at radius 3 is 2.53 bits per heavy atom. The Balaban J connectivity index is 2.11. The minimum Gasteiger partial charge on any atom is -0.375 e. The molecule has 2 fully saturated rings. The Morgan fingerprint density at radius 1 is 1.35 bits per heavy atom. The van der Waals surface area contributed by atoms with Crippen molar-refractivity contribution in [2.24, 2.45) is 5.73 Å². The molecule has 0 aromatic rings. The van der Waals surface area contributed by atoms with Gasteiger partial charge < -0.3 is 15.8 Å². The monoisotopic (exact) mass is 240 g/mol. The lowest BCUT2D eigenvalue weighted by atomic mass is 9.80. The topological polar surface area (TPSA) is 64.3 Å². The van der Waals surface area contributed by atoms with Gasteiger partial charge in [0.15, 0.2) is 0 Å². The SMILES string of the molecule is CC1(C)CC(NC2CCCC2)(C(N)=O)CCO1. The summed E-state index contributed by atoms with van der Waals surface area (Å²) in [5.74, 6) is -0.222. The third kappa shape index (κ3) is 2.80. The van der Waals surface area contributed by atoms with Gasteiger partial charge >= 0.3 is 0 Å². The summed E-state index contributed by atoms with van der Waals surface area (Å²) in [5, 5.41) is 3.53. The molecule has 4 nitrogen and oxygen atoms in total. The van der Waals surface area contributed by atoms with Crippen LogP contribution < -0.4 is 11.1 Å². The van der Waals surface area contributed by atoms with Crippen molar-refractivity contribution in [1.29, 1.82) is 0 Å². The third-order valence-electron chi connectivity index (χ3n) is 4.06. The van der Waals surface area contributed by atoms with Crippen LogP contribution in [0, 0.1) is 0 Å². The van der Waals surface area contributed by atoms with Crippen LogP contribution in [0.1, 0.15) is 52.4 Å². The van der Waals surface area contributed by atoms with Crippen molar-refractivity contribution in [3.8, 4) is 0 Å². The maximum atomic E-state index is 11.9. The molecule has 98 valence electrons. The maximum absolute atomic E-state index is 11.9. The Kier molecular flexibility index (Phi) is 3.46. The van der Waals surface area contributed by atoms with Gasteiger partial charge in [0.2, 0.25) is 5.91 Å². The van der Waals surface area contributed by atoms with E-state index >= 15 is 0 Å². The lowest BCUT2D eigenvalue weighted by Crippen LogP contribution is -2.63. The first-order chi connectivity index (χ1) is 7.94. The normalized spacial score (nSPS) is 33.8. The molecule has 0 aromatic heterocycles. The van der Waals surface area contributed by atoms with Crippen molar-refractivity contribution in [2.75, 3.05) is 6.61 Å². The number of ether oxygens (including phenoxy) is 1. The van der Waals surface area contributed by atoms with E-state index in [1.165, 1.54) is 12.8 Å². The van der Waals surface area contributed by atoms with E-state index in [1.54, 1.807) is 0 Å². The fourth-order valence-corrected chi connectivity index (χ4v) is 3.23. The summed E-state index contributed by atoms with van der Waals surface area (Å²) in [6.07, 6.45) is 6.21. The van der Waals surface area contributed by atoms with Gasteiger partial charge in [-0.1, -0.05) is 12.8 Å². The van der Waals surface area contributed by atoms with Crippen molar-refractivity contribution >= 4 is 5.91 Å². The minimum absolute atomic E-state index is 0.222. The number of carbonyl (C=O) groups excluding carboxylic acids is 1. The molecule has 1 saturated carbocycles. The number of nitrogens with two attached hydrogens (primary N) is 1. The van der Waals surface area contributed by atoms with Crippen LogP contribution in [0.5, 0.6) is 0 Å². The first-order valence-electron chi connectivity index (χ1n) is 6.65. The van der Waals surface area contributed by atoms with Crippen molar-refractivity contribution in [3.63, 3.8) is 0 Å². The van der Waals surface area contributed by atoms with Gasteiger partial charge in [-0.3, -0.25) is 4.79 Å². The second kappa shape index (κ2) is 4.58. The van der Waals surface area contributed by atoms with Crippen LogP contribution in [0.4, 0.5) is 0 Å². The van der Waals surface area contributed by atoms with Gasteiger partial charge in [0, 0.05) is 19.1 Å². The fraction of sp³-hybridized carbons (Fsp3) is 0.923. The number of amides is 1. The van der Waals surface area contributed by atoms with Crippen LogP contribution in [-0.4, -0.2) is 29.7 Å². The minimum atomic E-state index is -0.559. The predicted octanol–water partition coefficient (Wildman–Crippen LogP) is 1.33. The van der Waals surface area contributed by atoms with E-state index in [2.05, 4.69) is 5.32 Å². The van der Waals surface area contributed by atoms with Crippen LogP contribution in [0.15, 0.2) is 0 Å². The zero-order valence-corrected chi connectivity index (χ0v) is 10.9. The molecule has 0 radical (unpaired) electrons. The van der Waals surface area contributed by atoms with Gasteiger partial charge in [0.25, 0.3) is 0 Å². The van der Waals surface area contributed by atoms with Gasteiger partial charge in [-0.25, -0.2) is 0 Å². The van der Waals surface area contributed by atoms with E-state index in [0.717, 1.165) is 12.8 Å². The molecule has 0 aromatic carbocycles. The first-order valence-corrected chi connectivity index (χ1v) is 6.65. The van der Waals surface area contributed by atoms with E-state index in [-0.39, 0.29) is 11.5 Å². The number of hydrogen-bond acceptors (Lipinski definition) is 3. The van der Waals surface area contributed by atoms with Crippen molar-refractivity contribution in [2.45, 2.75) is 69.6 Å². The summed E-state index contributed by atoms with van der Waals surface area (Å²) in [7, 11) is 0. The van der Waals surface area contributed by atoms with Crippen LogP contribution >= 0.6 is 0 Å². The summed E-state index contributed by atoms with van der Waals surface area (Å²) < 4.78 is 5.69. The highest BCUT2D eigenvalue weighted by molar-refractivity contribution is 5.85. The Labute approximate surface area is 103 Å². The lowest BCUT2D eigenvalue weighted by molar-refractivity contribution is -0.139. The van der Waals surface area contributed by atoms with E-state index in [9.17, 15) is 4.79 Å². The van der Waals surface area contributed by atoms with E-state index in [4.69, 9.17) is 10.5 Å². The smallest absolute Gasteiger partial charge is 0.237 e. The van der Waals surface area contributed by atoms with E-state index in [0.29, 0.717) is 25.5 Å². The van der Waals surface area contributed by atoms with Crippen molar-refractivity contribution in [1.82, 2.24) is 5.32 Å². The standard InChI is InChI=1S/C13H24N2O2/c1-12(2)9-13(11(14)16,7-8-17-12)15-10-5-3-4-6-10/h10,15H,3-9H2,1-2H3,(H2,14,16). The van der Waals surface area contributed by atoms with Crippen LogP contribution in [0.2, 0.25) is 0 Å². The highest BCUT2D eigenvalue weighted by Gasteiger charge is 2.46. The summed E-state index contributed by atoms with van der Waals surface area (Å²) in [4.78, 5) is 11.9. The van der Waals surface area contributed by atoms with Crippen molar-refractivity contribution < 1.29 is 9.53 Å². The summed E-state index contributed by atoms with van der Waals surface area (Å²) in [6, 6.07) is 0.455. The van der Waals surface area contributed by atoms with Gasteiger partial charge in [-0.05, 0) is 33.1 Å². The van der Waals surface area contributed by atoms with E-state index in [1.807, 2.05) is 13.8 Å². The van der Waals surface area contributed by atoms with Crippen LogP contribution in [0.3, 0.4) is 0 Å². The first kappa shape index (κ1) is 12.8. The number of nitrogens with one attached hydrogen (secondary N) is 1. The molecule has 1 unspecified atom stereocenters. The molecule has 2 aliphatic rings. The van der Waals surface area contributed by atoms with Crippen LogP contribution in [0.25, 0.3) is 0 Å². The molecule has 0 spiro atoms. The molecule has 1 atom stereocenters. The summed E-state index contributed by atoms with van der Waals surface area (Å²) in [6.45, 7) is 4.66. The fourth-order valence-electron chi connectivity index (χ4n) is 3.23. The van der Waals surface area contributed by atoms with Gasteiger partial charge in [0.05, 0.1) is 5.60 Å². The Bertz CT molecular complexity index is 298. The molecule has 3 N–H and O–H groups in total. The molecular formula is C13H24N2O2. The molecule has 1 heterocycles. The number of carbonyl (C=O) groups is 1. The average molecular weight is 240 g/mol. The van der Waals surface area contributed by atoms with Crippen molar-refractivity contribution in [3.05, 3.63) is 0 Å². The highest BCUT2D eigenvalue weighted by atomic mass is 16.5. The number of rotatable bonds is 3. The Hall–Kier alpha value is -0.610. The molecule has 1 saturated heterocycles. The lowest BCUT2D eigenvalue weighted by Gasteiger charge is -2.44. The largest absolute Gasteiger partial charge is 0.375 e. The van der Waals surface area contributed by atoms with Crippen LogP contribution in [-0.2, 0) is 9.53 Å². The second-order valence-electron chi connectivity index (χ2n) is 6.11. The van der Waals surface area contributed by atoms with Gasteiger partial charge in [-0.2, -0.15) is 0 Å². The molecule has 0 bridgehead atoms. The third-order valence-corrected chi connectivity index (χ3v) is 4.06. The average Bonchev–Trinajstić information content (AvgIpc) is 2.68. The summed E-state index contributed by atoms with van der Waals surface area (Å²) >= 11 is 0. The zero-order valence-electron chi connectivity index (χ0n) is 10.9. The molecular weight excluding hydrogens is 216 g/mol. The second-order valence-corrected chi connectivity index (χ2v) is 6.11. The molecule has 17 heavy (non-hydrogen) atoms. The van der Waals surface area contributed by atoms with Gasteiger partial charge in [-0.15, -0.1) is 0 Å². The van der Waals surface area contributed by atoms with Gasteiger partial charge in [0.1, 0.15) is 5.54 Å². The predicted molar refractivity (Wildman–Crippen MR) is 66.6 cm³/mol. The highest BCUT2D eigenvalue weighted by Crippen LogP contribution is 2.33. The number of primary amides is 1. The zero-order chi connectivity index (χ0) is 12.5. The molecule has 1 aliphatic heterocycles. The molecule has 2 rings (SSSR count). The molecule has 4 heteroatoms. The quantitative estimate of drug-likeness (QED) is 0.782. The molecule has 1 amide bonds. The number of hydrogen-bond donors (Lipinski definition) is 2. The van der Waals surface area contributed by atoms with E-state index < -0.39 is 5.54 Å². The maximum Gasteiger partial charge on any atom is 0.237 e. The summed E-state index contributed by atoms with van der Waals surface area (Å²) in [5.41, 5.74) is 4.82. The molecule has 1 aliphatic carbocycles.